The van der Waals surface area contributed by atoms with E-state index in [0.717, 1.165) is 0 Å². The zero-order chi connectivity index (χ0) is 23.7. The van der Waals surface area contributed by atoms with Crippen LogP contribution in [0.3, 0.4) is 0 Å². The average Bonchev–Trinajstić information content (AvgIpc) is 2.76. The lowest BCUT2D eigenvalue weighted by molar-refractivity contribution is -0.126. The highest BCUT2D eigenvalue weighted by Crippen LogP contribution is 2.41. The first-order chi connectivity index (χ1) is 15.4. The predicted octanol–water partition coefficient (Wildman–Crippen LogP) is 4.83. The van der Waals surface area contributed by atoms with Gasteiger partial charge in [-0.15, -0.1) is 5.11 Å². The molecule has 0 saturated carbocycles. The molecule has 32 heavy (non-hydrogen) atoms. The van der Waals surface area contributed by atoms with Gasteiger partial charge in [-0.05, 0) is 45.0 Å². The topological polar surface area (TPSA) is 108 Å². The molecular weight excluding hydrogens is 438 g/mol. The molecular formula is C22H26ClN3O6. The normalized spacial score (nSPS) is 11.7. The second-order valence-corrected chi connectivity index (χ2v) is 6.76. The summed E-state index contributed by atoms with van der Waals surface area (Å²) in [5, 5.41) is 11.1. The third kappa shape index (κ3) is 5.88. The molecule has 1 atom stereocenters. The summed E-state index contributed by atoms with van der Waals surface area (Å²) >= 11 is 6.10. The molecule has 10 heteroatoms. The van der Waals surface area contributed by atoms with Gasteiger partial charge in [0.05, 0.1) is 38.1 Å². The van der Waals surface area contributed by atoms with Gasteiger partial charge in [-0.2, -0.15) is 5.11 Å². The van der Waals surface area contributed by atoms with Gasteiger partial charge in [-0.25, -0.2) is 0 Å². The zero-order valence-electron chi connectivity index (χ0n) is 18.6. The number of hydrogen-bond acceptors (Lipinski definition) is 8. The van der Waals surface area contributed by atoms with E-state index in [-0.39, 0.29) is 17.2 Å². The largest absolute Gasteiger partial charge is 0.491 e. The van der Waals surface area contributed by atoms with Gasteiger partial charge < -0.3 is 24.3 Å². The van der Waals surface area contributed by atoms with Crippen LogP contribution >= 0.6 is 11.6 Å². The van der Waals surface area contributed by atoms with Crippen LogP contribution in [0, 0.1) is 0 Å². The van der Waals surface area contributed by atoms with Crippen LogP contribution in [0.5, 0.6) is 23.0 Å². The molecule has 0 fully saturated rings. The number of Topliss-reactive ketones (excluding diaryl/α,β-unsaturated/α-hetero) is 1. The lowest BCUT2D eigenvalue weighted by Gasteiger charge is -2.16. The van der Waals surface area contributed by atoms with Gasteiger partial charge >= 0.3 is 0 Å². The second-order valence-electron chi connectivity index (χ2n) is 6.35. The molecule has 1 unspecified atom stereocenters. The summed E-state index contributed by atoms with van der Waals surface area (Å²) in [5.74, 6) is 0.115. The Bertz CT molecular complexity index is 972. The number of methoxy groups -OCH3 is 2. The fourth-order valence-corrected chi connectivity index (χ4v) is 3.04. The van der Waals surface area contributed by atoms with Crippen molar-refractivity contribution in [1.29, 1.82) is 0 Å². The minimum Gasteiger partial charge on any atom is -0.491 e. The van der Waals surface area contributed by atoms with Crippen LogP contribution in [0.2, 0.25) is 5.02 Å². The molecule has 0 aromatic heterocycles. The van der Waals surface area contributed by atoms with Crippen LogP contribution in [0.4, 0.5) is 11.4 Å². The molecule has 0 aliphatic rings. The highest BCUT2D eigenvalue weighted by molar-refractivity contribution is 6.32. The SMILES string of the molecule is CCOc1cccc(OCC)c1N=NC(C(C)=O)C(=O)Nc1ccc(Cl)c(OC)c1OC. The molecule has 172 valence electrons. The Morgan fingerprint density at radius 2 is 1.59 bits per heavy atom. The number of azo groups is 1. The van der Waals surface area contributed by atoms with Crippen LogP contribution in [0.25, 0.3) is 0 Å². The number of anilines is 1. The Balaban J connectivity index is 2.38. The molecule has 0 saturated heterocycles. The van der Waals surface area contributed by atoms with Crippen molar-refractivity contribution in [2.75, 3.05) is 32.8 Å². The zero-order valence-corrected chi connectivity index (χ0v) is 19.4. The summed E-state index contributed by atoms with van der Waals surface area (Å²) in [7, 11) is 2.83. The Kier molecular flexibility index (Phi) is 9.27. The highest BCUT2D eigenvalue weighted by Gasteiger charge is 2.26. The monoisotopic (exact) mass is 463 g/mol. The fourth-order valence-electron chi connectivity index (χ4n) is 2.81. The lowest BCUT2D eigenvalue weighted by Crippen LogP contribution is -2.32. The average molecular weight is 464 g/mol. The van der Waals surface area contributed by atoms with Gasteiger partial charge in [-0.1, -0.05) is 17.7 Å². The summed E-state index contributed by atoms with van der Waals surface area (Å²) in [4.78, 5) is 25.1. The van der Waals surface area contributed by atoms with Gasteiger partial charge in [0.25, 0.3) is 5.91 Å². The van der Waals surface area contributed by atoms with E-state index >= 15 is 0 Å². The van der Waals surface area contributed by atoms with Gasteiger partial charge in [0.15, 0.2) is 34.5 Å². The van der Waals surface area contributed by atoms with Crippen molar-refractivity contribution in [2.24, 2.45) is 10.2 Å². The minimum absolute atomic E-state index is 0.216. The van der Waals surface area contributed by atoms with E-state index in [1.807, 2.05) is 13.8 Å². The maximum absolute atomic E-state index is 12.9. The van der Waals surface area contributed by atoms with Gasteiger partial charge in [-0.3, -0.25) is 9.59 Å². The van der Waals surface area contributed by atoms with Gasteiger partial charge in [0.2, 0.25) is 6.04 Å². The summed E-state index contributed by atoms with van der Waals surface area (Å²) < 4.78 is 21.7. The van der Waals surface area contributed by atoms with Crippen molar-refractivity contribution in [2.45, 2.75) is 26.8 Å². The van der Waals surface area contributed by atoms with E-state index in [1.165, 1.54) is 33.3 Å². The third-order valence-corrected chi connectivity index (χ3v) is 4.50. The van der Waals surface area contributed by atoms with Crippen LogP contribution in [0.1, 0.15) is 20.8 Å². The van der Waals surface area contributed by atoms with Crippen molar-refractivity contribution >= 4 is 34.7 Å². The maximum atomic E-state index is 12.9. The second kappa shape index (κ2) is 11.9. The molecule has 0 aliphatic heterocycles. The Morgan fingerprint density at radius 1 is 1.00 bits per heavy atom. The van der Waals surface area contributed by atoms with Crippen molar-refractivity contribution in [3.05, 3.63) is 35.4 Å². The molecule has 9 nitrogen and oxygen atoms in total. The standard InChI is InChI=1S/C22H26ClN3O6/c1-6-31-16-9-8-10-17(32-7-2)19(16)26-25-18(13(3)27)22(28)24-15-12-11-14(23)20(29-4)21(15)30-5/h8-12,18H,6-7H2,1-5H3,(H,24,28). The van der Waals surface area contributed by atoms with Crippen LogP contribution in [-0.2, 0) is 9.59 Å². The number of amides is 1. The molecule has 0 heterocycles. The van der Waals surface area contributed by atoms with E-state index in [0.29, 0.717) is 35.4 Å². The number of ketones is 1. The first-order valence-electron chi connectivity index (χ1n) is 9.89. The molecule has 0 spiro atoms. The number of rotatable bonds is 11. The maximum Gasteiger partial charge on any atom is 0.258 e. The fraction of sp³-hybridized carbons (Fsp3) is 0.364. The van der Waals surface area contributed by atoms with Crippen molar-refractivity contribution in [3.8, 4) is 23.0 Å². The predicted molar refractivity (Wildman–Crippen MR) is 121 cm³/mol. The molecule has 2 rings (SSSR count). The molecule has 2 aromatic rings. The number of nitrogens with one attached hydrogen (secondary N) is 1. The number of halogens is 1. The van der Waals surface area contributed by atoms with E-state index in [2.05, 4.69) is 15.5 Å². The number of hydrogen-bond donors (Lipinski definition) is 1. The minimum atomic E-state index is -1.41. The molecule has 0 bridgehead atoms. The number of benzene rings is 2. The van der Waals surface area contributed by atoms with Crippen molar-refractivity contribution < 1.29 is 28.5 Å². The van der Waals surface area contributed by atoms with Crippen LogP contribution in [0.15, 0.2) is 40.6 Å². The molecule has 0 aliphatic carbocycles. The smallest absolute Gasteiger partial charge is 0.258 e. The van der Waals surface area contributed by atoms with Crippen LogP contribution < -0.4 is 24.3 Å². The summed E-state index contributed by atoms with van der Waals surface area (Å²) in [5.41, 5.74) is 0.561. The molecule has 1 amide bonds. The summed E-state index contributed by atoms with van der Waals surface area (Å²) in [6, 6.07) is 6.82. The molecule has 0 radical (unpaired) electrons. The Morgan fingerprint density at radius 3 is 2.09 bits per heavy atom. The number of nitrogens with zero attached hydrogens (tertiary/aromatic N) is 2. The van der Waals surface area contributed by atoms with E-state index in [9.17, 15) is 9.59 Å². The van der Waals surface area contributed by atoms with Gasteiger partial charge in [0, 0.05) is 0 Å². The van der Waals surface area contributed by atoms with E-state index in [4.69, 9.17) is 30.5 Å². The summed E-state index contributed by atoms with van der Waals surface area (Å²) in [6.07, 6.45) is 0. The number of carbonyl (C=O) groups is 2. The first-order valence-corrected chi connectivity index (χ1v) is 10.3. The molecule has 2 aromatic carbocycles. The number of ether oxygens (including phenoxy) is 4. The first kappa shape index (κ1) is 24.9. The van der Waals surface area contributed by atoms with Crippen molar-refractivity contribution in [3.63, 3.8) is 0 Å². The third-order valence-electron chi connectivity index (χ3n) is 4.20. The summed E-state index contributed by atoms with van der Waals surface area (Å²) in [6.45, 7) is 5.70. The Labute approximate surface area is 191 Å². The highest BCUT2D eigenvalue weighted by atomic mass is 35.5. The van der Waals surface area contributed by atoms with Gasteiger partial charge in [0.1, 0.15) is 0 Å². The van der Waals surface area contributed by atoms with Crippen molar-refractivity contribution in [1.82, 2.24) is 0 Å². The van der Waals surface area contributed by atoms with E-state index in [1.54, 1.807) is 18.2 Å². The van der Waals surface area contributed by atoms with E-state index < -0.39 is 17.7 Å². The van der Waals surface area contributed by atoms with Crippen LogP contribution in [-0.4, -0.2) is 45.2 Å². The lowest BCUT2D eigenvalue weighted by atomic mass is 10.2. The number of carbonyl (C=O) groups excluding carboxylic acids is 2. The Hall–Kier alpha value is -3.33. The molecule has 1 N–H and O–H groups in total. The quantitative estimate of drug-likeness (QED) is 0.377.